The zero-order chi connectivity index (χ0) is 18.0. The summed E-state index contributed by atoms with van der Waals surface area (Å²) in [6.07, 6.45) is 1.98. The maximum Gasteiger partial charge on any atom is 0.289 e. The summed E-state index contributed by atoms with van der Waals surface area (Å²) in [5.74, 6) is 1.11. The fourth-order valence-electron chi connectivity index (χ4n) is 3.28. The highest BCUT2D eigenvalue weighted by atomic mass is 16.4. The molecule has 1 fully saturated rings. The van der Waals surface area contributed by atoms with E-state index in [4.69, 9.17) is 4.42 Å². The molecule has 0 bridgehead atoms. The smallest absolute Gasteiger partial charge is 0.289 e. The number of furan rings is 1. The van der Waals surface area contributed by atoms with Crippen LogP contribution in [0.1, 0.15) is 49.7 Å². The number of benzene rings is 1. The molecular weight excluding hydrogens is 312 g/mol. The lowest BCUT2D eigenvalue weighted by molar-refractivity contribution is 0.0672. The zero-order valence-electron chi connectivity index (χ0n) is 15.6. The van der Waals surface area contributed by atoms with E-state index in [2.05, 4.69) is 50.4 Å². The van der Waals surface area contributed by atoms with Crippen molar-refractivity contribution in [2.75, 3.05) is 20.1 Å². The van der Waals surface area contributed by atoms with Crippen LogP contribution < -0.4 is 5.32 Å². The van der Waals surface area contributed by atoms with E-state index in [1.54, 1.807) is 6.07 Å². The van der Waals surface area contributed by atoms with Crippen molar-refractivity contribution in [3.8, 4) is 11.3 Å². The summed E-state index contributed by atoms with van der Waals surface area (Å²) < 4.78 is 5.86. The first-order valence-corrected chi connectivity index (χ1v) is 9.05. The molecule has 1 aromatic carbocycles. The van der Waals surface area contributed by atoms with E-state index in [1.165, 1.54) is 5.56 Å². The van der Waals surface area contributed by atoms with Crippen molar-refractivity contribution in [2.45, 2.75) is 45.1 Å². The van der Waals surface area contributed by atoms with Crippen LogP contribution in [0, 0.1) is 0 Å². The highest BCUT2D eigenvalue weighted by Gasteiger charge is 2.25. The predicted molar refractivity (Wildman–Crippen MR) is 101 cm³/mol. The Bertz CT molecular complexity index is 719. The van der Waals surface area contributed by atoms with E-state index in [1.807, 2.05) is 18.0 Å². The minimum atomic E-state index is -0.0375. The molecule has 0 radical (unpaired) electrons. The van der Waals surface area contributed by atoms with Gasteiger partial charge in [-0.3, -0.25) is 4.79 Å². The van der Waals surface area contributed by atoms with Gasteiger partial charge in [0.1, 0.15) is 5.76 Å². The number of amides is 1. The van der Waals surface area contributed by atoms with Crippen LogP contribution in [0.25, 0.3) is 11.3 Å². The molecule has 1 saturated heterocycles. The molecular formula is C21H28N2O2. The lowest BCUT2D eigenvalue weighted by atomic mass is 9.86. The molecule has 1 amide bonds. The van der Waals surface area contributed by atoms with Crippen LogP contribution in [0.4, 0.5) is 0 Å². The Morgan fingerprint density at radius 2 is 1.72 bits per heavy atom. The molecule has 3 rings (SSSR count). The molecule has 0 aliphatic carbocycles. The number of hydrogen-bond donors (Lipinski definition) is 1. The number of piperidine rings is 1. The van der Waals surface area contributed by atoms with Crippen molar-refractivity contribution in [1.82, 2.24) is 10.2 Å². The van der Waals surface area contributed by atoms with E-state index < -0.39 is 0 Å². The number of hydrogen-bond acceptors (Lipinski definition) is 3. The van der Waals surface area contributed by atoms with Gasteiger partial charge in [-0.25, -0.2) is 0 Å². The largest absolute Gasteiger partial charge is 0.451 e. The van der Waals surface area contributed by atoms with Gasteiger partial charge in [-0.05, 0) is 49.0 Å². The summed E-state index contributed by atoms with van der Waals surface area (Å²) in [6, 6.07) is 12.3. The number of nitrogens with zero attached hydrogens (tertiary/aromatic N) is 1. The molecule has 1 N–H and O–H groups in total. The van der Waals surface area contributed by atoms with Crippen LogP contribution in [0.5, 0.6) is 0 Å². The van der Waals surface area contributed by atoms with E-state index >= 15 is 0 Å². The Morgan fingerprint density at radius 3 is 2.32 bits per heavy atom. The molecule has 1 aliphatic rings. The Kier molecular flexibility index (Phi) is 5.00. The van der Waals surface area contributed by atoms with Gasteiger partial charge in [0.15, 0.2) is 5.76 Å². The minimum absolute atomic E-state index is 0.0375. The molecule has 25 heavy (non-hydrogen) atoms. The van der Waals surface area contributed by atoms with E-state index in [-0.39, 0.29) is 17.4 Å². The van der Waals surface area contributed by atoms with Gasteiger partial charge in [0.2, 0.25) is 0 Å². The van der Waals surface area contributed by atoms with Crippen molar-refractivity contribution < 1.29 is 9.21 Å². The molecule has 1 aliphatic heterocycles. The Balaban J connectivity index is 1.74. The summed E-state index contributed by atoms with van der Waals surface area (Å²) in [7, 11) is 1.87. The molecule has 1 aromatic heterocycles. The standard InChI is InChI=1S/C21H28N2O2/c1-21(2,3)16-7-5-15(6-8-16)18-9-10-19(25-18)20(24)23(4)17-11-13-22-14-12-17/h5-10,17,22H,11-14H2,1-4H3. The molecule has 2 heterocycles. The Hall–Kier alpha value is -2.07. The third-order valence-corrected chi connectivity index (χ3v) is 5.03. The lowest BCUT2D eigenvalue weighted by Crippen LogP contribution is -2.43. The average molecular weight is 340 g/mol. The molecule has 4 nitrogen and oxygen atoms in total. The van der Waals surface area contributed by atoms with Gasteiger partial charge in [-0.2, -0.15) is 0 Å². The van der Waals surface area contributed by atoms with Gasteiger partial charge < -0.3 is 14.6 Å². The molecule has 0 unspecified atom stereocenters. The maximum absolute atomic E-state index is 12.7. The van der Waals surface area contributed by atoms with Gasteiger partial charge in [-0.1, -0.05) is 45.0 Å². The summed E-state index contributed by atoms with van der Waals surface area (Å²) >= 11 is 0. The predicted octanol–water partition coefficient (Wildman–Crippen LogP) is 4.07. The van der Waals surface area contributed by atoms with Crippen LogP contribution in [-0.4, -0.2) is 37.0 Å². The summed E-state index contributed by atoms with van der Waals surface area (Å²) in [6.45, 7) is 8.52. The van der Waals surface area contributed by atoms with Gasteiger partial charge in [0, 0.05) is 18.7 Å². The molecule has 2 aromatic rings. The zero-order valence-corrected chi connectivity index (χ0v) is 15.6. The fourth-order valence-corrected chi connectivity index (χ4v) is 3.28. The second-order valence-corrected chi connectivity index (χ2v) is 7.89. The highest BCUT2D eigenvalue weighted by Crippen LogP contribution is 2.28. The first kappa shape index (κ1) is 17.7. The number of nitrogens with one attached hydrogen (secondary N) is 1. The first-order valence-electron chi connectivity index (χ1n) is 9.05. The Morgan fingerprint density at radius 1 is 1.08 bits per heavy atom. The van der Waals surface area contributed by atoms with Crippen molar-refractivity contribution >= 4 is 5.91 Å². The number of carbonyl (C=O) groups excluding carboxylic acids is 1. The van der Waals surface area contributed by atoms with Crippen LogP contribution in [0.3, 0.4) is 0 Å². The maximum atomic E-state index is 12.7. The van der Waals surface area contributed by atoms with E-state index in [9.17, 15) is 4.79 Å². The topological polar surface area (TPSA) is 45.5 Å². The van der Waals surface area contributed by atoms with Gasteiger partial charge >= 0.3 is 0 Å². The van der Waals surface area contributed by atoms with Crippen LogP contribution in [0.2, 0.25) is 0 Å². The molecule has 0 atom stereocenters. The number of rotatable bonds is 3. The first-order chi connectivity index (χ1) is 11.9. The van der Waals surface area contributed by atoms with Crippen molar-refractivity contribution in [1.29, 1.82) is 0 Å². The second kappa shape index (κ2) is 7.04. The lowest BCUT2D eigenvalue weighted by Gasteiger charge is -2.31. The quantitative estimate of drug-likeness (QED) is 0.916. The molecule has 0 saturated carbocycles. The second-order valence-electron chi connectivity index (χ2n) is 7.89. The Labute approximate surface area is 150 Å². The third kappa shape index (κ3) is 3.96. The SMILES string of the molecule is CN(C(=O)c1ccc(-c2ccc(C(C)(C)C)cc2)o1)C1CCNCC1. The molecule has 0 spiro atoms. The van der Waals surface area contributed by atoms with Crippen molar-refractivity contribution in [3.63, 3.8) is 0 Å². The van der Waals surface area contributed by atoms with Gasteiger partial charge in [0.25, 0.3) is 5.91 Å². The van der Waals surface area contributed by atoms with E-state index in [0.29, 0.717) is 5.76 Å². The average Bonchev–Trinajstić information content (AvgIpc) is 3.10. The van der Waals surface area contributed by atoms with Crippen LogP contribution >= 0.6 is 0 Å². The van der Waals surface area contributed by atoms with Crippen LogP contribution in [0.15, 0.2) is 40.8 Å². The molecule has 134 valence electrons. The van der Waals surface area contributed by atoms with Crippen molar-refractivity contribution in [2.24, 2.45) is 0 Å². The summed E-state index contributed by atoms with van der Waals surface area (Å²) in [5.41, 5.74) is 2.40. The number of carbonyl (C=O) groups is 1. The normalized spacial score (nSPS) is 16.0. The summed E-state index contributed by atoms with van der Waals surface area (Å²) in [4.78, 5) is 14.5. The van der Waals surface area contributed by atoms with E-state index in [0.717, 1.165) is 37.3 Å². The summed E-state index contributed by atoms with van der Waals surface area (Å²) in [5, 5.41) is 3.33. The van der Waals surface area contributed by atoms with Crippen LogP contribution in [-0.2, 0) is 5.41 Å². The monoisotopic (exact) mass is 340 g/mol. The fraction of sp³-hybridized carbons (Fsp3) is 0.476. The van der Waals surface area contributed by atoms with Gasteiger partial charge in [-0.15, -0.1) is 0 Å². The minimum Gasteiger partial charge on any atom is -0.451 e. The molecule has 4 heteroatoms. The highest BCUT2D eigenvalue weighted by molar-refractivity contribution is 5.92. The third-order valence-electron chi connectivity index (χ3n) is 5.03. The van der Waals surface area contributed by atoms with Gasteiger partial charge in [0.05, 0.1) is 0 Å². The van der Waals surface area contributed by atoms with Crippen molar-refractivity contribution in [3.05, 3.63) is 47.7 Å².